The van der Waals surface area contributed by atoms with Crippen LogP contribution in [0.5, 0.6) is 0 Å². The first kappa shape index (κ1) is 10.7. The molecule has 0 saturated heterocycles. The summed E-state index contributed by atoms with van der Waals surface area (Å²) >= 11 is 6.35. The highest BCUT2D eigenvalue weighted by Crippen LogP contribution is 2.11. The molecule has 0 fully saturated rings. The van der Waals surface area contributed by atoms with Crippen molar-refractivity contribution >= 4 is 24.4 Å². The average molecular weight is 178 g/mol. The summed E-state index contributed by atoms with van der Waals surface area (Å²) in [4.78, 5) is 0. The van der Waals surface area contributed by atoms with Gasteiger partial charge in [0.05, 0.1) is 0 Å². The van der Waals surface area contributed by atoms with Gasteiger partial charge in [-0.2, -0.15) is 24.4 Å². The van der Waals surface area contributed by atoms with Gasteiger partial charge in [0.25, 0.3) is 0 Å². The maximum Gasteiger partial charge on any atom is -0.000374 e. The molecule has 0 nitrogen and oxygen atoms in total. The zero-order chi connectivity index (χ0) is 7.98. The van der Waals surface area contributed by atoms with E-state index in [-0.39, 0.29) is 0 Å². The Morgan fingerprint density at radius 1 is 1.30 bits per heavy atom. The van der Waals surface area contributed by atoms with Crippen LogP contribution < -0.4 is 0 Å². The van der Waals surface area contributed by atoms with Crippen LogP contribution in [0.1, 0.15) is 27.2 Å². The van der Waals surface area contributed by atoms with Crippen LogP contribution in [0.15, 0.2) is 0 Å². The first-order valence-corrected chi connectivity index (χ1v) is 5.56. The molecule has 0 aromatic heterocycles. The topological polar surface area (TPSA) is 0 Å². The highest BCUT2D eigenvalue weighted by atomic mass is 32.2. The Morgan fingerprint density at radius 3 is 2.30 bits per heavy atom. The standard InChI is InChI=1S/C8H18S2/c1-7(2)6-10-5-4-8(3)9/h7-9H,4-6H2,1-3H3. The molecule has 1 atom stereocenters. The van der Waals surface area contributed by atoms with Crippen molar-refractivity contribution in [3.05, 3.63) is 0 Å². The number of hydrogen-bond donors (Lipinski definition) is 1. The molecule has 0 bridgehead atoms. The molecule has 62 valence electrons. The third-order valence-corrected chi connectivity index (χ3v) is 2.82. The first-order chi connectivity index (χ1) is 4.63. The minimum Gasteiger partial charge on any atom is -0.176 e. The monoisotopic (exact) mass is 178 g/mol. The second-order valence-electron chi connectivity index (χ2n) is 3.11. The lowest BCUT2D eigenvalue weighted by Crippen LogP contribution is -1.96. The Bertz CT molecular complexity index is 59.7. The molecule has 0 aliphatic heterocycles. The van der Waals surface area contributed by atoms with Crippen LogP contribution in [0.3, 0.4) is 0 Å². The maximum atomic E-state index is 4.31. The van der Waals surface area contributed by atoms with Crippen molar-refractivity contribution in [3.63, 3.8) is 0 Å². The van der Waals surface area contributed by atoms with Gasteiger partial charge in [0.1, 0.15) is 0 Å². The van der Waals surface area contributed by atoms with Crippen molar-refractivity contribution in [3.8, 4) is 0 Å². The molecule has 0 amide bonds. The quantitative estimate of drug-likeness (QED) is 0.498. The van der Waals surface area contributed by atoms with Gasteiger partial charge in [0, 0.05) is 0 Å². The molecule has 0 saturated carbocycles. The third kappa shape index (κ3) is 8.70. The van der Waals surface area contributed by atoms with E-state index in [1.165, 1.54) is 17.9 Å². The predicted octanol–water partition coefficient (Wildman–Crippen LogP) is 3.08. The molecular formula is C8H18S2. The van der Waals surface area contributed by atoms with Crippen molar-refractivity contribution in [1.29, 1.82) is 0 Å². The van der Waals surface area contributed by atoms with Crippen molar-refractivity contribution < 1.29 is 0 Å². The predicted molar refractivity (Wildman–Crippen MR) is 55.2 cm³/mol. The van der Waals surface area contributed by atoms with Crippen LogP contribution in [-0.4, -0.2) is 16.8 Å². The Morgan fingerprint density at radius 2 is 1.90 bits per heavy atom. The fraction of sp³-hybridized carbons (Fsp3) is 1.00. The molecule has 0 aliphatic rings. The zero-order valence-electron chi connectivity index (χ0n) is 7.13. The smallest absolute Gasteiger partial charge is 0.000374 e. The lowest BCUT2D eigenvalue weighted by Gasteiger charge is -2.05. The Labute approximate surface area is 74.6 Å². The summed E-state index contributed by atoms with van der Waals surface area (Å²) in [6.07, 6.45) is 1.24. The van der Waals surface area contributed by atoms with Crippen LogP contribution >= 0.6 is 24.4 Å². The third-order valence-electron chi connectivity index (χ3n) is 1.13. The summed E-state index contributed by atoms with van der Waals surface area (Å²) in [6.45, 7) is 6.67. The number of thiol groups is 1. The molecular weight excluding hydrogens is 160 g/mol. The second-order valence-corrected chi connectivity index (χ2v) is 5.14. The van der Waals surface area contributed by atoms with Crippen LogP contribution in [0.2, 0.25) is 0 Å². The fourth-order valence-electron chi connectivity index (χ4n) is 0.573. The Balaban J connectivity index is 2.91. The van der Waals surface area contributed by atoms with Gasteiger partial charge in [-0.25, -0.2) is 0 Å². The Kier molecular flexibility index (Phi) is 6.86. The summed E-state index contributed by atoms with van der Waals surface area (Å²) in [6, 6.07) is 0. The molecule has 0 rings (SSSR count). The van der Waals surface area contributed by atoms with E-state index in [9.17, 15) is 0 Å². The molecule has 0 aromatic carbocycles. The van der Waals surface area contributed by atoms with Gasteiger partial charge in [-0.15, -0.1) is 0 Å². The van der Waals surface area contributed by atoms with E-state index >= 15 is 0 Å². The largest absolute Gasteiger partial charge is 0.176 e. The van der Waals surface area contributed by atoms with Crippen LogP contribution in [0.25, 0.3) is 0 Å². The molecule has 0 spiro atoms. The summed E-state index contributed by atoms with van der Waals surface area (Å²) in [7, 11) is 0. The van der Waals surface area contributed by atoms with Gasteiger partial charge in [-0.1, -0.05) is 20.8 Å². The van der Waals surface area contributed by atoms with E-state index in [0.29, 0.717) is 5.25 Å². The lowest BCUT2D eigenvalue weighted by atomic mass is 10.3. The molecule has 10 heavy (non-hydrogen) atoms. The van der Waals surface area contributed by atoms with E-state index in [1.54, 1.807) is 0 Å². The fourth-order valence-corrected chi connectivity index (χ4v) is 2.04. The van der Waals surface area contributed by atoms with Crippen molar-refractivity contribution in [2.75, 3.05) is 11.5 Å². The molecule has 0 radical (unpaired) electrons. The molecule has 1 unspecified atom stereocenters. The second kappa shape index (κ2) is 6.41. The van der Waals surface area contributed by atoms with E-state index in [1.807, 2.05) is 11.8 Å². The van der Waals surface area contributed by atoms with Gasteiger partial charge < -0.3 is 0 Å². The average Bonchev–Trinajstić information content (AvgIpc) is 1.79. The summed E-state index contributed by atoms with van der Waals surface area (Å²) in [5, 5.41) is 0.569. The van der Waals surface area contributed by atoms with Gasteiger partial charge in [0.15, 0.2) is 0 Å². The molecule has 2 heteroatoms. The van der Waals surface area contributed by atoms with E-state index in [2.05, 4.69) is 33.4 Å². The number of hydrogen-bond acceptors (Lipinski definition) is 2. The van der Waals surface area contributed by atoms with Crippen molar-refractivity contribution in [2.45, 2.75) is 32.4 Å². The maximum absolute atomic E-state index is 4.31. The lowest BCUT2D eigenvalue weighted by molar-refractivity contribution is 0.749. The number of thioether (sulfide) groups is 1. The summed E-state index contributed by atoms with van der Waals surface area (Å²) in [5.41, 5.74) is 0. The van der Waals surface area contributed by atoms with Crippen LogP contribution in [-0.2, 0) is 0 Å². The van der Waals surface area contributed by atoms with Gasteiger partial charge in [0.2, 0.25) is 0 Å². The number of rotatable bonds is 5. The zero-order valence-corrected chi connectivity index (χ0v) is 8.84. The normalized spacial score (nSPS) is 14.1. The van der Waals surface area contributed by atoms with Gasteiger partial charge in [-0.05, 0) is 29.1 Å². The van der Waals surface area contributed by atoms with Crippen LogP contribution in [0.4, 0.5) is 0 Å². The minimum absolute atomic E-state index is 0.569. The van der Waals surface area contributed by atoms with E-state index < -0.39 is 0 Å². The van der Waals surface area contributed by atoms with Crippen LogP contribution in [0, 0.1) is 5.92 Å². The minimum atomic E-state index is 0.569. The SMILES string of the molecule is CC(C)CSCCC(C)S. The van der Waals surface area contributed by atoms with Crippen molar-refractivity contribution in [1.82, 2.24) is 0 Å². The molecule has 0 aromatic rings. The molecule has 0 heterocycles. The Hall–Kier alpha value is 0.700. The summed E-state index contributed by atoms with van der Waals surface area (Å²) in [5.74, 6) is 3.39. The first-order valence-electron chi connectivity index (χ1n) is 3.88. The van der Waals surface area contributed by atoms with Gasteiger partial charge >= 0.3 is 0 Å². The van der Waals surface area contributed by atoms with Crippen molar-refractivity contribution in [2.24, 2.45) is 5.92 Å². The molecule has 0 aliphatic carbocycles. The van der Waals surface area contributed by atoms with E-state index in [0.717, 1.165) is 5.92 Å². The summed E-state index contributed by atoms with van der Waals surface area (Å²) < 4.78 is 0. The highest BCUT2D eigenvalue weighted by molar-refractivity contribution is 7.99. The van der Waals surface area contributed by atoms with E-state index in [4.69, 9.17) is 0 Å². The molecule has 0 N–H and O–H groups in total. The highest BCUT2D eigenvalue weighted by Gasteiger charge is 1.96. The van der Waals surface area contributed by atoms with Gasteiger partial charge in [-0.3, -0.25) is 0 Å².